The van der Waals surface area contributed by atoms with E-state index in [1.165, 1.54) is 32.4 Å². The van der Waals surface area contributed by atoms with E-state index in [-0.39, 0.29) is 22.6 Å². The molecule has 194 valence electrons. The van der Waals surface area contributed by atoms with Gasteiger partial charge in [-0.05, 0) is 44.2 Å². The maximum Gasteiger partial charge on any atom is 0.339 e. The topological polar surface area (TPSA) is 122 Å². The van der Waals surface area contributed by atoms with Crippen molar-refractivity contribution >= 4 is 35.3 Å². The van der Waals surface area contributed by atoms with E-state index in [9.17, 15) is 14.4 Å². The van der Waals surface area contributed by atoms with E-state index in [1.54, 1.807) is 6.08 Å². The Morgan fingerprint density at radius 3 is 2.43 bits per heavy atom. The lowest BCUT2D eigenvalue weighted by atomic mass is 10.1. The number of methoxy groups -OCH3 is 2. The monoisotopic (exact) mass is 524 g/mol. The number of thioether (sulfide) groups is 1. The Bertz CT molecular complexity index is 1290. The Kier molecular flexibility index (Phi) is 9.45. The maximum atomic E-state index is 12.8. The predicted molar refractivity (Wildman–Crippen MR) is 139 cm³/mol. The molecule has 0 saturated carbocycles. The van der Waals surface area contributed by atoms with Gasteiger partial charge in [0.25, 0.3) is 0 Å². The number of hydrogen-bond acceptors (Lipinski definition) is 9. The van der Waals surface area contributed by atoms with Crippen molar-refractivity contribution in [2.24, 2.45) is 0 Å². The quantitative estimate of drug-likeness (QED) is 0.223. The second-order valence-electron chi connectivity index (χ2n) is 7.89. The van der Waals surface area contributed by atoms with Crippen LogP contribution in [0.1, 0.15) is 45.1 Å². The third-order valence-corrected chi connectivity index (χ3v) is 6.17. The number of hydrogen-bond donors (Lipinski definition) is 1. The second-order valence-corrected chi connectivity index (χ2v) is 8.84. The van der Waals surface area contributed by atoms with Gasteiger partial charge in [0.15, 0.2) is 17.1 Å². The van der Waals surface area contributed by atoms with Gasteiger partial charge < -0.3 is 19.5 Å². The van der Waals surface area contributed by atoms with E-state index in [4.69, 9.17) is 14.2 Å². The predicted octanol–water partition coefficient (Wildman–Crippen LogP) is 4.22. The van der Waals surface area contributed by atoms with Crippen LogP contribution in [-0.2, 0) is 20.8 Å². The van der Waals surface area contributed by atoms with Gasteiger partial charge in [0.2, 0.25) is 5.91 Å². The number of benzene rings is 2. The first kappa shape index (κ1) is 27.5. The molecule has 0 aliphatic rings. The fraction of sp³-hybridized carbons (Fsp3) is 0.269. The van der Waals surface area contributed by atoms with Crippen molar-refractivity contribution < 1.29 is 28.6 Å². The summed E-state index contributed by atoms with van der Waals surface area (Å²) in [5.41, 5.74) is 1.54. The molecule has 0 radical (unpaired) electrons. The molecule has 0 saturated heterocycles. The standard InChI is InChI=1S/C26H28N4O6S/c1-6-13-30-23(17(3)36-19-10-7-16(2)8-11-19)28-29-26(30)37-15-22(31)27-21-14-18(24(32)34-4)9-12-20(21)25(33)35-5/h6-12,14,17H,1,13,15H2,2-5H3,(H,27,31). The number of esters is 2. The molecule has 0 fully saturated rings. The maximum absolute atomic E-state index is 12.8. The minimum Gasteiger partial charge on any atom is -0.483 e. The van der Waals surface area contributed by atoms with E-state index < -0.39 is 23.9 Å². The highest BCUT2D eigenvalue weighted by Gasteiger charge is 2.21. The highest BCUT2D eigenvalue weighted by molar-refractivity contribution is 7.99. The molecular formula is C26H28N4O6S. The molecule has 0 spiro atoms. The van der Waals surface area contributed by atoms with Gasteiger partial charge in [-0.15, -0.1) is 16.8 Å². The van der Waals surface area contributed by atoms with E-state index >= 15 is 0 Å². The lowest BCUT2D eigenvalue weighted by molar-refractivity contribution is -0.113. The molecule has 37 heavy (non-hydrogen) atoms. The summed E-state index contributed by atoms with van der Waals surface area (Å²) in [6.07, 6.45) is 1.30. The van der Waals surface area contributed by atoms with Crippen molar-refractivity contribution in [2.45, 2.75) is 31.7 Å². The fourth-order valence-corrected chi connectivity index (χ4v) is 4.13. The first-order valence-electron chi connectivity index (χ1n) is 11.3. The van der Waals surface area contributed by atoms with Gasteiger partial charge in [0, 0.05) is 6.54 Å². The molecule has 1 amide bonds. The first-order chi connectivity index (χ1) is 17.8. The minimum atomic E-state index is -0.655. The van der Waals surface area contributed by atoms with Crippen LogP contribution in [0.25, 0.3) is 0 Å². The molecule has 1 N–H and O–H groups in total. The summed E-state index contributed by atoms with van der Waals surface area (Å²) in [4.78, 5) is 36.8. The average molecular weight is 525 g/mol. The number of nitrogens with zero attached hydrogens (tertiary/aromatic N) is 3. The second kappa shape index (κ2) is 12.7. The van der Waals surface area contributed by atoms with Crippen molar-refractivity contribution in [3.63, 3.8) is 0 Å². The summed E-state index contributed by atoms with van der Waals surface area (Å²) >= 11 is 1.16. The van der Waals surface area contributed by atoms with Crippen LogP contribution in [0.15, 0.2) is 60.3 Å². The molecule has 3 rings (SSSR count). The van der Waals surface area contributed by atoms with E-state index in [0.717, 1.165) is 17.3 Å². The zero-order valence-corrected chi connectivity index (χ0v) is 21.8. The lowest BCUT2D eigenvalue weighted by Crippen LogP contribution is -2.18. The van der Waals surface area contributed by atoms with E-state index in [2.05, 4.69) is 22.1 Å². The van der Waals surface area contributed by atoms with Crippen LogP contribution in [-0.4, -0.2) is 52.6 Å². The highest BCUT2D eigenvalue weighted by Crippen LogP contribution is 2.26. The molecule has 0 bridgehead atoms. The molecule has 2 aromatic carbocycles. The number of ether oxygens (including phenoxy) is 3. The van der Waals surface area contributed by atoms with Gasteiger partial charge in [-0.1, -0.05) is 35.5 Å². The van der Waals surface area contributed by atoms with Crippen molar-refractivity contribution in [2.75, 3.05) is 25.3 Å². The van der Waals surface area contributed by atoms with Crippen LogP contribution in [0, 0.1) is 6.92 Å². The number of carbonyl (C=O) groups is 3. The van der Waals surface area contributed by atoms with Crippen LogP contribution >= 0.6 is 11.8 Å². The zero-order valence-electron chi connectivity index (χ0n) is 21.0. The molecule has 0 aliphatic heterocycles. The summed E-state index contributed by atoms with van der Waals surface area (Å²) in [5.74, 6) is -0.426. The van der Waals surface area contributed by atoms with Gasteiger partial charge in [-0.3, -0.25) is 9.36 Å². The van der Waals surface area contributed by atoms with Crippen molar-refractivity contribution in [1.29, 1.82) is 0 Å². The summed E-state index contributed by atoms with van der Waals surface area (Å²) < 4.78 is 17.3. The number of allylic oxidation sites excluding steroid dienone is 1. The highest BCUT2D eigenvalue weighted by atomic mass is 32.2. The zero-order chi connectivity index (χ0) is 26.9. The van der Waals surface area contributed by atoms with Gasteiger partial charge in [-0.2, -0.15) is 0 Å². The average Bonchev–Trinajstić information content (AvgIpc) is 3.30. The normalized spacial score (nSPS) is 11.4. The third-order valence-electron chi connectivity index (χ3n) is 5.21. The number of carbonyl (C=O) groups excluding carboxylic acids is 3. The Hall–Kier alpha value is -4.12. The van der Waals surface area contributed by atoms with Crippen LogP contribution in [0.4, 0.5) is 5.69 Å². The summed E-state index contributed by atoms with van der Waals surface area (Å²) in [5, 5.41) is 11.7. The fourth-order valence-electron chi connectivity index (χ4n) is 3.38. The van der Waals surface area contributed by atoms with Crippen LogP contribution in [0.5, 0.6) is 5.75 Å². The Morgan fingerprint density at radius 1 is 1.08 bits per heavy atom. The number of aryl methyl sites for hydroxylation is 1. The molecule has 11 heteroatoms. The molecule has 1 heterocycles. The smallest absolute Gasteiger partial charge is 0.339 e. The Morgan fingerprint density at radius 2 is 1.78 bits per heavy atom. The number of amides is 1. The minimum absolute atomic E-state index is 0.0362. The lowest BCUT2D eigenvalue weighted by Gasteiger charge is -2.16. The molecule has 10 nitrogen and oxygen atoms in total. The summed E-state index contributed by atoms with van der Waals surface area (Å²) in [6.45, 7) is 8.08. The van der Waals surface area contributed by atoms with Crippen molar-refractivity contribution in [3.8, 4) is 5.75 Å². The Balaban J connectivity index is 1.74. The summed E-state index contributed by atoms with van der Waals surface area (Å²) in [7, 11) is 2.47. The van der Waals surface area contributed by atoms with Gasteiger partial charge in [-0.25, -0.2) is 9.59 Å². The van der Waals surface area contributed by atoms with Gasteiger partial charge in [0.1, 0.15) is 5.75 Å². The van der Waals surface area contributed by atoms with Gasteiger partial charge >= 0.3 is 11.9 Å². The molecule has 1 atom stereocenters. The number of anilines is 1. The number of aromatic nitrogens is 3. The number of rotatable bonds is 11. The summed E-state index contributed by atoms with van der Waals surface area (Å²) in [6, 6.07) is 11.9. The molecular weight excluding hydrogens is 496 g/mol. The SMILES string of the molecule is C=CCn1c(SCC(=O)Nc2cc(C(=O)OC)ccc2C(=O)OC)nnc1C(C)Oc1ccc(C)cc1. The van der Waals surface area contributed by atoms with E-state index in [0.29, 0.717) is 23.3 Å². The molecule has 0 aliphatic carbocycles. The number of nitrogens with one attached hydrogen (secondary N) is 1. The van der Waals surface area contributed by atoms with E-state index in [1.807, 2.05) is 42.7 Å². The van der Waals surface area contributed by atoms with Crippen LogP contribution in [0.3, 0.4) is 0 Å². The van der Waals surface area contributed by atoms with Crippen molar-refractivity contribution in [3.05, 3.63) is 77.6 Å². The van der Waals surface area contributed by atoms with Gasteiger partial charge in [0.05, 0.1) is 36.8 Å². The molecule has 1 aromatic heterocycles. The largest absolute Gasteiger partial charge is 0.483 e. The van der Waals surface area contributed by atoms with Crippen LogP contribution in [0.2, 0.25) is 0 Å². The van der Waals surface area contributed by atoms with Crippen LogP contribution < -0.4 is 10.1 Å². The van der Waals surface area contributed by atoms with Crippen molar-refractivity contribution in [1.82, 2.24) is 14.8 Å². The molecule has 3 aromatic rings. The molecule has 1 unspecified atom stereocenters. The third kappa shape index (κ3) is 6.98. The Labute approximate surface area is 219 Å². The first-order valence-corrected chi connectivity index (χ1v) is 12.3.